The highest BCUT2D eigenvalue weighted by Gasteiger charge is 2.07. The number of hydrogen-bond donors (Lipinski definition) is 2. The smallest absolute Gasteiger partial charge is 0.134 e. The van der Waals surface area contributed by atoms with Gasteiger partial charge in [-0.3, -0.25) is 0 Å². The number of nitrogens with one attached hydrogen (secondary N) is 1. The van der Waals surface area contributed by atoms with Gasteiger partial charge in [0.1, 0.15) is 18.0 Å². The normalized spacial score (nSPS) is 12.5. The van der Waals surface area contributed by atoms with Crippen LogP contribution in [0.25, 0.3) is 0 Å². The van der Waals surface area contributed by atoms with Gasteiger partial charge in [0.25, 0.3) is 0 Å². The Morgan fingerprint density at radius 1 is 1.53 bits per heavy atom. The molecule has 0 aliphatic carbocycles. The largest absolute Gasteiger partial charge is 0.383 e. The molecule has 1 heterocycles. The van der Waals surface area contributed by atoms with Crippen molar-refractivity contribution in [1.29, 1.82) is 0 Å². The molecule has 1 unspecified atom stereocenters. The van der Waals surface area contributed by atoms with Crippen LogP contribution in [0.2, 0.25) is 0 Å². The molecule has 0 aliphatic heterocycles. The first-order valence-corrected chi connectivity index (χ1v) is 6.37. The number of nitrogens with two attached hydrogens (primary N) is 1. The van der Waals surface area contributed by atoms with E-state index in [-0.39, 0.29) is 0 Å². The second-order valence-corrected chi connectivity index (χ2v) is 4.54. The van der Waals surface area contributed by atoms with E-state index >= 15 is 0 Å². The number of anilines is 2. The maximum absolute atomic E-state index is 5.70. The maximum Gasteiger partial charge on any atom is 0.134 e. The van der Waals surface area contributed by atoms with E-state index in [4.69, 9.17) is 5.73 Å². The summed E-state index contributed by atoms with van der Waals surface area (Å²) in [5.74, 6) is 2.54. The summed E-state index contributed by atoms with van der Waals surface area (Å²) in [5, 5.41) is 3.34. The van der Waals surface area contributed by atoms with Crippen molar-refractivity contribution in [2.75, 3.05) is 23.1 Å². The van der Waals surface area contributed by atoms with Crippen LogP contribution in [0.5, 0.6) is 0 Å². The highest BCUT2D eigenvalue weighted by atomic mass is 32.2. The standard InChI is InChI=1S/C10H18N4S/c1-7(4-5-15-3)14-10-8(2)9(11)12-6-13-10/h6-7H,4-5H2,1-3H3,(H3,11,12,13,14). The molecule has 1 aromatic rings. The van der Waals surface area contributed by atoms with Crippen molar-refractivity contribution >= 4 is 23.4 Å². The first-order chi connectivity index (χ1) is 7.15. The SMILES string of the molecule is CSCCC(C)Nc1ncnc(N)c1C. The van der Waals surface area contributed by atoms with E-state index in [0.717, 1.165) is 23.6 Å². The zero-order valence-corrected chi connectivity index (χ0v) is 10.3. The Morgan fingerprint density at radius 3 is 2.93 bits per heavy atom. The minimum atomic E-state index is 0.408. The van der Waals surface area contributed by atoms with Crippen LogP contribution in [0.3, 0.4) is 0 Å². The van der Waals surface area contributed by atoms with Gasteiger partial charge in [0.2, 0.25) is 0 Å². The summed E-state index contributed by atoms with van der Waals surface area (Å²) in [4.78, 5) is 8.11. The van der Waals surface area contributed by atoms with E-state index in [1.54, 1.807) is 0 Å². The van der Waals surface area contributed by atoms with Crippen molar-refractivity contribution in [2.45, 2.75) is 26.3 Å². The molecular weight excluding hydrogens is 208 g/mol. The lowest BCUT2D eigenvalue weighted by atomic mass is 10.2. The molecule has 0 spiro atoms. The van der Waals surface area contributed by atoms with Gasteiger partial charge in [-0.1, -0.05) is 0 Å². The predicted octanol–water partition coefficient (Wildman–Crippen LogP) is 1.92. The fraction of sp³-hybridized carbons (Fsp3) is 0.600. The molecule has 0 fully saturated rings. The van der Waals surface area contributed by atoms with Crippen molar-refractivity contribution in [1.82, 2.24) is 9.97 Å². The number of rotatable bonds is 5. The summed E-state index contributed by atoms with van der Waals surface area (Å²) >= 11 is 1.85. The van der Waals surface area contributed by atoms with Crippen LogP contribution in [-0.4, -0.2) is 28.0 Å². The number of nitrogens with zero attached hydrogens (tertiary/aromatic N) is 2. The molecule has 84 valence electrons. The van der Waals surface area contributed by atoms with Gasteiger partial charge in [-0.2, -0.15) is 11.8 Å². The molecule has 1 atom stereocenters. The van der Waals surface area contributed by atoms with Gasteiger partial charge in [0.05, 0.1) is 0 Å². The van der Waals surface area contributed by atoms with Gasteiger partial charge >= 0.3 is 0 Å². The fourth-order valence-electron chi connectivity index (χ4n) is 1.21. The molecule has 0 aliphatic rings. The van der Waals surface area contributed by atoms with E-state index in [9.17, 15) is 0 Å². The Balaban J connectivity index is 2.60. The average Bonchev–Trinajstić information content (AvgIpc) is 2.22. The third-order valence-electron chi connectivity index (χ3n) is 2.26. The summed E-state index contributed by atoms with van der Waals surface area (Å²) < 4.78 is 0. The average molecular weight is 226 g/mol. The lowest BCUT2D eigenvalue weighted by Crippen LogP contribution is -2.18. The molecule has 0 bridgehead atoms. The lowest BCUT2D eigenvalue weighted by Gasteiger charge is -2.15. The number of thioether (sulfide) groups is 1. The van der Waals surface area contributed by atoms with Crippen LogP contribution >= 0.6 is 11.8 Å². The molecule has 1 rings (SSSR count). The van der Waals surface area contributed by atoms with Crippen LogP contribution in [0.4, 0.5) is 11.6 Å². The topological polar surface area (TPSA) is 63.8 Å². The monoisotopic (exact) mass is 226 g/mol. The maximum atomic E-state index is 5.70. The second-order valence-electron chi connectivity index (χ2n) is 3.56. The van der Waals surface area contributed by atoms with Crippen LogP contribution in [0.1, 0.15) is 18.9 Å². The minimum Gasteiger partial charge on any atom is -0.383 e. The first-order valence-electron chi connectivity index (χ1n) is 4.97. The van der Waals surface area contributed by atoms with Gasteiger partial charge < -0.3 is 11.1 Å². The lowest BCUT2D eigenvalue weighted by molar-refractivity contribution is 0.764. The zero-order valence-electron chi connectivity index (χ0n) is 9.45. The summed E-state index contributed by atoms with van der Waals surface area (Å²) in [6, 6.07) is 0.408. The Morgan fingerprint density at radius 2 is 2.27 bits per heavy atom. The molecule has 0 saturated heterocycles. The van der Waals surface area contributed by atoms with Crippen molar-refractivity contribution in [2.24, 2.45) is 0 Å². The number of nitrogen functional groups attached to an aromatic ring is 1. The quantitative estimate of drug-likeness (QED) is 0.803. The predicted molar refractivity (Wildman–Crippen MR) is 67.3 cm³/mol. The molecule has 1 aromatic heterocycles. The molecule has 4 nitrogen and oxygen atoms in total. The molecule has 5 heteroatoms. The van der Waals surface area contributed by atoms with E-state index in [0.29, 0.717) is 11.9 Å². The Bertz CT molecular complexity index is 316. The molecule has 0 radical (unpaired) electrons. The van der Waals surface area contributed by atoms with Crippen molar-refractivity contribution in [3.63, 3.8) is 0 Å². The van der Waals surface area contributed by atoms with Crippen LogP contribution in [0, 0.1) is 6.92 Å². The molecule has 3 N–H and O–H groups in total. The molecule has 0 aromatic carbocycles. The molecule has 0 amide bonds. The first kappa shape index (κ1) is 12.1. The van der Waals surface area contributed by atoms with Crippen molar-refractivity contribution in [3.8, 4) is 0 Å². The summed E-state index contributed by atoms with van der Waals surface area (Å²) in [6.07, 6.45) is 4.72. The molecule has 0 saturated carbocycles. The van der Waals surface area contributed by atoms with Gasteiger partial charge in [0.15, 0.2) is 0 Å². The van der Waals surface area contributed by atoms with Crippen LogP contribution < -0.4 is 11.1 Å². The third-order valence-corrected chi connectivity index (χ3v) is 2.91. The third kappa shape index (κ3) is 3.58. The van der Waals surface area contributed by atoms with Crippen LogP contribution in [-0.2, 0) is 0 Å². The second kappa shape index (κ2) is 5.80. The summed E-state index contributed by atoms with van der Waals surface area (Å²) in [6.45, 7) is 4.08. The van der Waals surface area contributed by atoms with Gasteiger partial charge in [-0.05, 0) is 32.3 Å². The molecular formula is C10H18N4S. The highest BCUT2D eigenvalue weighted by Crippen LogP contribution is 2.16. The van der Waals surface area contributed by atoms with E-state index in [1.807, 2.05) is 18.7 Å². The molecule has 15 heavy (non-hydrogen) atoms. The van der Waals surface area contributed by atoms with E-state index in [2.05, 4.69) is 28.5 Å². The minimum absolute atomic E-state index is 0.408. The van der Waals surface area contributed by atoms with Gasteiger partial charge in [-0.25, -0.2) is 9.97 Å². The van der Waals surface area contributed by atoms with Crippen molar-refractivity contribution < 1.29 is 0 Å². The van der Waals surface area contributed by atoms with Gasteiger partial charge in [-0.15, -0.1) is 0 Å². The Labute approximate surface area is 95.1 Å². The summed E-state index contributed by atoms with van der Waals surface area (Å²) in [5.41, 5.74) is 6.63. The number of aromatic nitrogens is 2. The Kier molecular flexibility index (Phi) is 4.68. The highest BCUT2D eigenvalue weighted by molar-refractivity contribution is 7.98. The number of hydrogen-bond acceptors (Lipinski definition) is 5. The van der Waals surface area contributed by atoms with Crippen molar-refractivity contribution in [3.05, 3.63) is 11.9 Å². The Hall–Kier alpha value is -0.970. The summed E-state index contributed by atoms with van der Waals surface area (Å²) in [7, 11) is 0. The van der Waals surface area contributed by atoms with E-state index < -0.39 is 0 Å². The van der Waals surface area contributed by atoms with Gasteiger partial charge in [0, 0.05) is 11.6 Å². The zero-order chi connectivity index (χ0) is 11.3. The van der Waals surface area contributed by atoms with E-state index in [1.165, 1.54) is 6.33 Å². The fourth-order valence-corrected chi connectivity index (χ4v) is 1.80. The van der Waals surface area contributed by atoms with Crippen LogP contribution in [0.15, 0.2) is 6.33 Å².